The summed E-state index contributed by atoms with van der Waals surface area (Å²) in [5, 5.41) is 15.6. The van der Waals surface area contributed by atoms with E-state index in [0.717, 1.165) is 24.3 Å². The van der Waals surface area contributed by atoms with Crippen molar-refractivity contribution in [1.29, 1.82) is 0 Å². The van der Waals surface area contributed by atoms with Crippen LogP contribution in [0.25, 0.3) is 0 Å². The summed E-state index contributed by atoms with van der Waals surface area (Å²) in [7, 11) is 3.35. The Hall–Kier alpha value is -2.03. The third kappa shape index (κ3) is 7.24. The van der Waals surface area contributed by atoms with Crippen molar-refractivity contribution in [2.24, 2.45) is 4.99 Å². The lowest BCUT2D eigenvalue weighted by Crippen LogP contribution is -2.37. The summed E-state index contributed by atoms with van der Waals surface area (Å²) in [6.07, 6.45) is 0.945. The average Bonchev–Trinajstić information content (AvgIpc) is 2.67. The molecule has 1 atom stereocenters. The van der Waals surface area contributed by atoms with E-state index in [0.29, 0.717) is 18.4 Å². The zero-order valence-electron chi connectivity index (χ0n) is 15.8. The number of guanidine groups is 1. The molecule has 0 bridgehead atoms. The minimum atomic E-state index is -0.624. The minimum absolute atomic E-state index is 0. The van der Waals surface area contributed by atoms with Gasteiger partial charge in [0.25, 0.3) is 0 Å². The van der Waals surface area contributed by atoms with Crippen LogP contribution in [-0.4, -0.2) is 31.8 Å². The SMILES string of the molecule is CN=C(NCCC(C)c1ccc(OC)cc1)NCc1ccc(O)c(F)c1.I. The summed E-state index contributed by atoms with van der Waals surface area (Å²) in [6, 6.07) is 12.4. The van der Waals surface area contributed by atoms with Crippen LogP contribution >= 0.6 is 24.0 Å². The number of rotatable bonds is 7. The molecule has 2 rings (SSSR count). The molecule has 27 heavy (non-hydrogen) atoms. The normalized spacial score (nSPS) is 12.1. The number of nitrogens with zero attached hydrogens (tertiary/aromatic N) is 1. The lowest BCUT2D eigenvalue weighted by atomic mass is 9.98. The number of hydrogen-bond donors (Lipinski definition) is 3. The van der Waals surface area contributed by atoms with Gasteiger partial charge in [0.2, 0.25) is 0 Å². The highest BCUT2D eigenvalue weighted by atomic mass is 127. The molecule has 0 aliphatic heterocycles. The van der Waals surface area contributed by atoms with E-state index in [1.165, 1.54) is 17.7 Å². The quantitative estimate of drug-likeness (QED) is 0.314. The Bertz CT molecular complexity index is 739. The van der Waals surface area contributed by atoms with E-state index in [9.17, 15) is 9.50 Å². The Labute approximate surface area is 177 Å². The van der Waals surface area contributed by atoms with Gasteiger partial charge in [-0.15, -0.1) is 24.0 Å². The number of aromatic hydroxyl groups is 1. The predicted molar refractivity (Wildman–Crippen MR) is 118 cm³/mol. The van der Waals surface area contributed by atoms with Crippen molar-refractivity contribution in [2.75, 3.05) is 20.7 Å². The van der Waals surface area contributed by atoms with Crippen LogP contribution in [0.3, 0.4) is 0 Å². The van der Waals surface area contributed by atoms with Gasteiger partial charge in [-0.25, -0.2) is 4.39 Å². The molecule has 0 amide bonds. The summed E-state index contributed by atoms with van der Waals surface area (Å²) in [6.45, 7) is 3.36. The second-order valence-corrected chi connectivity index (χ2v) is 6.10. The zero-order valence-corrected chi connectivity index (χ0v) is 18.2. The highest BCUT2D eigenvalue weighted by molar-refractivity contribution is 14.0. The largest absolute Gasteiger partial charge is 0.505 e. The van der Waals surface area contributed by atoms with Crippen LogP contribution in [0.2, 0.25) is 0 Å². The van der Waals surface area contributed by atoms with E-state index in [-0.39, 0.29) is 29.7 Å². The molecular formula is C20H27FIN3O2. The molecule has 5 nitrogen and oxygen atoms in total. The summed E-state index contributed by atoms with van der Waals surface area (Å²) >= 11 is 0. The topological polar surface area (TPSA) is 65.9 Å². The van der Waals surface area contributed by atoms with E-state index < -0.39 is 5.82 Å². The van der Waals surface area contributed by atoms with Gasteiger partial charge in [0.1, 0.15) is 5.75 Å². The summed E-state index contributed by atoms with van der Waals surface area (Å²) in [5.41, 5.74) is 1.99. The van der Waals surface area contributed by atoms with Gasteiger partial charge in [-0.1, -0.05) is 25.1 Å². The molecule has 0 aliphatic rings. The van der Waals surface area contributed by atoms with Crippen molar-refractivity contribution in [1.82, 2.24) is 10.6 Å². The highest BCUT2D eigenvalue weighted by Crippen LogP contribution is 2.21. The fourth-order valence-electron chi connectivity index (χ4n) is 2.57. The first kappa shape index (κ1) is 23.0. The third-order valence-electron chi connectivity index (χ3n) is 4.25. The number of aliphatic imine (C=N–C) groups is 1. The Morgan fingerprint density at radius 3 is 2.48 bits per heavy atom. The maximum atomic E-state index is 13.4. The molecule has 0 radical (unpaired) electrons. The van der Waals surface area contributed by atoms with Gasteiger partial charge < -0.3 is 20.5 Å². The summed E-state index contributed by atoms with van der Waals surface area (Å²) in [4.78, 5) is 4.17. The number of nitrogens with one attached hydrogen (secondary N) is 2. The maximum Gasteiger partial charge on any atom is 0.191 e. The van der Waals surface area contributed by atoms with E-state index >= 15 is 0 Å². The van der Waals surface area contributed by atoms with Crippen LogP contribution in [0.15, 0.2) is 47.5 Å². The Morgan fingerprint density at radius 1 is 1.19 bits per heavy atom. The van der Waals surface area contributed by atoms with Gasteiger partial charge in [0.15, 0.2) is 17.5 Å². The smallest absolute Gasteiger partial charge is 0.191 e. The number of methoxy groups -OCH3 is 1. The van der Waals surface area contributed by atoms with Gasteiger partial charge in [-0.2, -0.15) is 0 Å². The van der Waals surface area contributed by atoms with E-state index in [2.05, 4.69) is 34.7 Å². The molecule has 0 aromatic heterocycles. The lowest BCUT2D eigenvalue weighted by Gasteiger charge is -2.15. The number of halogens is 2. The monoisotopic (exact) mass is 487 g/mol. The van der Waals surface area contributed by atoms with Crippen molar-refractivity contribution in [3.63, 3.8) is 0 Å². The molecule has 2 aromatic rings. The Morgan fingerprint density at radius 2 is 1.89 bits per heavy atom. The molecule has 0 spiro atoms. The highest BCUT2D eigenvalue weighted by Gasteiger charge is 2.07. The molecule has 3 N–H and O–H groups in total. The van der Waals surface area contributed by atoms with Crippen LogP contribution in [-0.2, 0) is 6.54 Å². The van der Waals surface area contributed by atoms with Crippen molar-refractivity contribution < 1.29 is 14.2 Å². The summed E-state index contributed by atoms with van der Waals surface area (Å²) in [5.74, 6) is 0.941. The first-order valence-electron chi connectivity index (χ1n) is 8.59. The molecule has 0 saturated heterocycles. The van der Waals surface area contributed by atoms with Gasteiger partial charge in [-0.3, -0.25) is 4.99 Å². The van der Waals surface area contributed by atoms with Gasteiger partial charge in [0, 0.05) is 20.1 Å². The second kappa shape index (κ2) is 11.6. The molecular weight excluding hydrogens is 460 g/mol. The van der Waals surface area contributed by atoms with Crippen molar-refractivity contribution >= 4 is 29.9 Å². The zero-order chi connectivity index (χ0) is 18.9. The van der Waals surface area contributed by atoms with Crippen molar-refractivity contribution in [3.05, 3.63) is 59.4 Å². The second-order valence-electron chi connectivity index (χ2n) is 6.10. The van der Waals surface area contributed by atoms with Crippen LogP contribution in [0.1, 0.15) is 30.4 Å². The number of benzene rings is 2. The molecule has 1 unspecified atom stereocenters. The number of ether oxygens (including phenoxy) is 1. The Kier molecular flexibility index (Phi) is 9.92. The van der Waals surface area contributed by atoms with Crippen LogP contribution in [0.4, 0.5) is 4.39 Å². The number of hydrogen-bond acceptors (Lipinski definition) is 3. The van der Waals surface area contributed by atoms with Crippen LogP contribution in [0, 0.1) is 5.82 Å². The molecule has 0 heterocycles. The molecule has 148 valence electrons. The molecule has 2 aromatic carbocycles. The fraction of sp³-hybridized carbons (Fsp3) is 0.350. The summed E-state index contributed by atoms with van der Waals surface area (Å²) < 4.78 is 18.5. The third-order valence-corrected chi connectivity index (χ3v) is 4.25. The maximum absolute atomic E-state index is 13.4. The van der Waals surface area contributed by atoms with Crippen LogP contribution < -0.4 is 15.4 Å². The Balaban J connectivity index is 0.00000364. The molecule has 0 fully saturated rings. The van der Waals surface area contributed by atoms with Crippen molar-refractivity contribution in [2.45, 2.75) is 25.8 Å². The van der Waals surface area contributed by atoms with Gasteiger partial charge >= 0.3 is 0 Å². The standard InChI is InChI=1S/C20H26FN3O2.HI/c1-14(16-5-7-17(26-3)8-6-16)10-11-23-20(22-2)24-13-15-4-9-19(25)18(21)12-15;/h4-9,12,14,25H,10-11,13H2,1-3H3,(H2,22,23,24);1H. The van der Waals surface area contributed by atoms with Crippen molar-refractivity contribution in [3.8, 4) is 11.5 Å². The fourth-order valence-corrected chi connectivity index (χ4v) is 2.57. The van der Waals surface area contributed by atoms with Gasteiger partial charge in [-0.05, 0) is 47.7 Å². The first-order valence-corrected chi connectivity index (χ1v) is 8.59. The van der Waals surface area contributed by atoms with E-state index in [1.807, 2.05) is 12.1 Å². The lowest BCUT2D eigenvalue weighted by molar-refractivity contribution is 0.414. The first-order chi connectivity index (χ1) is 12.5. The molecule has 7 heteroatoms. The minimum Gasteiger partial charge on any atom is -0.505 e. The predicted octanol–water partition coefficient (Wildman–Crippen LogP) is 4.02. The average molecular weight is 487 g/mol. The van der Waals surface area contributed by atoms with E-state index in [1.54, 1.807) is 20.2 Å². The van der Waals surface area contributed by atoms with E-state index in [4.69, 9.17) is 4.74 Å². The number of phenolic OH excluding ortho intramolecular Hbond substituents is 1. The van der Waals surface area contributed by atoms with Gasteiger partial charge in [0.05, 0.1) is 7.11 Å². The number of phenols is 1. The van der Waals surface area contributed by atoms with Crippen LogP contribution in [0.5, 0.6) is 11.5 Å². The molecule has 0 saturated carbocycles. The molecule has 0 aliphatic carbocycles.